The van der Waals surface area contributed by atoms with Crippen LogP contribution in [0.5, 0.6) is 0 Å². The summed E-state index contributed by atoms with van der Waals surface area (Å²) in [5, 5.41) is 8.95. The molecule has 1 N–H and O–H groups in total. The van der Waals surface area contributed by atoms with E-state index in [4.69, 9.17) is 5.11 Å². The molecule has 1 fully saturated rings. The van der Waals surface area contributed by atoms with Crippen LogP contribution >= 0.6 is 0 Å². The lowest BCUT2D eigenvalue weighted by molar-refractivity contribution is -0.141. The topological polar surface area (TPSA) is 83.9 Å². The number of hydrogen-bond donors (Lipinski definition) is 1. The first kappa shape index (κ1) is 13.1. The molecule has 100 valence electrons. The summed E-state index contributed by atoms with van der Waals surface area (Å²) in [6.07, 6.45) is 0.0639. The van der Waals surface area contributed by atoms with Crippen LogP contribution in [-0.4, -0.2) is 40.6 Å². The lowest BCUT2D eigenvalue weighted by Crippen LogP contribution is -2.41. The molecule has 0 spiro atoms. The minimum Gasteiger partial charge on any atom is -0.480 e. The molecular weight excluding hydrogens is 250 g/mol. The van der Waals surface area contributed by atoms with Gasteiger partial charge in [-0.15, -0.1) is 0 Å². The fourth-order valence-electron chi connectivity index (χ4n) is 2.01. The Morgan fingerprint density at radius 3 is 2.53 bits per heavy atom. The molecule has 1 unspecified atom stereocenters. The van der Waals surface area contributed by atoms with E-state index >= 15 is 0 Å². The van der Waals surface area contributed by atoms with Crippen molar-refractivity contribution in [2.75, 3.05) is 6.54 Å². The number of esters is 1. The SMILES string of the molecule is O=C(OC(=O)N1CCCC1C(=O)O)c1ccccc1. The van der Waals surface area contributed by atoms with Crippen LogP contribution in [0.25, 0.3) is 0 Å². The first-order valence-corrected chi connectivity index (χ1v) is 5.90. The molecule has 0 bridgehead atoms. The Kier molecular flexibility index (Phi) is 3.79. The lowest BCUT2D eigenvalue weighted by atomic mass is 10.2. The zero-order chi connectivity index (χ0) is 13.8. The molecule has 1 aromatic carbocycles. The molecule has 1 aliphatic heterocycles. The van der Waals surface area contributed by atoms with Gasteiger partial charge in [-0.05, 0) is 25.0 Å². The Morgan fingerprint density at radius 1 is 1.21 bits per heavy atom. The molecule has 0 radical (unpaired) electrons. The van der Waals surface area contributed by atoms with E-state index < -0.39 is 24.1 Å². The normalized spacial score (nSPS) is 18.1. The number of carboxylic acid groups (broad SMARTS) is 1. The van der Waals surface area contributed by atoms with Gasteiger partial charge in [-0.25, -0.2) is 14.4 Å². The standard InChI is InChI=1S/C13H13NO5/c15-11(16)10-7-4-8-14(10)13(18)19-12(17)9-5-2-1-3-6-9/h1-3,5-6,10H,4,7-8H2,(H,15,16). The van der Waals surface area contributed by atoms with Crippen molar-refractivity contribution in [2.24, 2.45) is 0 Å². The van der Waals surface area contributed by atoms with Gasteiger partial charge in [0.2, 0.25) is 0 Å². The second-order valence-corrected chi connectivity index (χ2v) is 4.21. The number of hydrogen-bond acceptors (Lipinski definition) is 4. The fraction of sp³-hybridized carbons (Fsp3) is 0.308. The molecule has 1 amide bonds. The van der Waals surface area contributed by atoms with Gasteiger partial charge in [0.05, 0.1) is 5.56 Å². The number of carbonyl (C=O) groups is 3. The number of nitrogens with zero attached hydrogens (tertiary/aromatic N) is 1. The summed E-state index contributed by atoms with van der Waals surface area (Å²) in [7, 11) is 0. The molecule has 1 aromatic rings. The molecule has 0 aromatic heterocycles. The average Bonchev–Trinajstić information content (AvgIpc) is 2.89. The Balaban J connectivity index is 2.01. The monoisotopic (exact) mass is 263 g/mol. The molecule has 1 atom stereocenters. The number of carboxylic acids is 1. The second kappa shape index (κ2) is 5.51. The molecule has 19 heavy (non-hydrogen) atoms. The predicted molar refractivity (Wildman–Crippen MR) is 64.6 cm³/mol. The molecule has 0 saturated carbocycles. The summed E-state index contributed by atoms with van der Waals surface area (Å²) < 4.78 is 4.69. The van der Waals surface area contributed by atoms with Gasteiger partial charge in [-0.3, -0.25) is 4.90 Å². The summed E-state index contributed by atoms with van der Waals surface area (Å²) in [5.41, 5.74) is 0.252. The van der Waals surface area contributed by atoms with Gasteiger partial charge >= 0.3 is 18.0 Å². The number of carbonyl (C=O) groups excluding carboxylic acids is 2. The number of rotatable bonds is 2. The quantitative estimate of drug-likeness (QED) is 0.646. The zero-order valence-corrected chi connectivity index (χ0v) is 10.1. The molecule has 0 aliphatic carbocycles. The lowest BCUT2D eigenvalue weighted by Gasteiger charge is -2.19. The minimum absolute atomic E-state index is 0.252. The van der Waals surface area contributed by atoms with Crippen molar-refractivity contribution in [1.82, 2.24) is 4.90 Å². The number of likely N-dealkylation sites (tertiary alicyclic amines) is 1. The first-order valence-electron chi connectivity index (χ1n) is 5.90. The van der Waals surface area contributed by atoms with E-state index in [1.54, 1.807) is 18.2 Å². The van der Waals surface area contributed by atoms with Crippen LogP contribution in [-0.2, 0) is 9.53 Å². The van der Waals surface area contributed by atoms with Gasteiger partial charge in [-0.2, -0.15) is 0 Å². The molecule has 6 heteroatoms. The van der Waals surface area contributed by atoms with Crippen LogP contribution < -0.4 is 0 Å². The molecule has 6 nitrogen and oxygen atoms in total. The van der Waals surface area contributed by atoms with E-state index in [-0.39, 0.29) is 12.1 Å². The minimum atomic E-state index is -1.08. The van der Waals surface area contributed by atoms with Crippen molar-refractivity contribution >= 4 is 18.0 Å². The third kappa shape index (κ3) is 2.90. The van der Waals surface area contributed by atoms with Crippen LogP contribution in [0.1, 0.15) is 23.2 Å². The smallest absolute Gasteiger partial charge is 0.418 e. The van der Waals surface area contributed by atoms with Crippen molar-refractivity contribution < 1.29 is 24.2 Å². The van der Waals surface area contributed by atoms with E-state index in [2.05, 4.69) is 4.74 Å². The summed E-state index contributed by atoms with van der Waals surface area (Å²) in [5.74, 6) is -1.86. The summed E-state index contributed by atoms with van der Waals surface area (Å²) >= 11 is 0. The molecule has 2 rings (SSSR count). The second-order valence-electron chi connectivity index (χ2n) is 4.21. The van der Waals surface area contributed by atoms with Gasteiger partial charge in [0, 0.05) is 6.54 Å². The van der Waals surface area contributed by atoms with E-state index in [1.165, 1.54) is 12.1 Å². The Morgan fingerprint density at radius 2 is 1.89 bits per heavy atom. The molecule has 1 heterocycles. The Bertz CT molecular complexity index is 499. The highest BCUT2D eigenvalue weighted by molar-refractivity contribution is 5.97. The van der Waals surface area contributed by atoms with Gasteiger partial charge in [0.15, 0.2) is 0 Å². The number of benzene rings is 1. The third-order valence-electron chi connectivity index (χ3n) is 2.96. The fourth-order valence-corrected chi connectivity index (χ4v) is 2.01. The van der Waals surface area contributed by atoms with Crippen LogP contribution in [0, 0.1) is 0 Å². The largest absolute Gasteiger partial charge is 0.480 e. The van der Waals surface area contributed by atoms with Crippen molar-refractivity contribution in [3.63, 3.8) is 0 Å². The van der Waals surface area contributed by atoms with Crippen LogP contribution in [0.15, 0.2) is 30.3 Å². The van der Waals surface area contributed by atoms with Crippen molar-refractivity contribution in [3.8, 4) is 0 Å². The number of ether oxygens (including phenoxy) is 1. The van der Waals surface area contributed by atoms with E-state index in [9.17, 15) is 14.4 Å². The van der Waals surface area contributed by atoms with Gasteiger partial charge in [0.1, 0.15) is 6.04 Å². The van der Waals surface area contributed by atoms with E-state index in [0.717, 1.165) is 4.90 Å². The highest BCUT2D eigenvalue weighted by Gasteiger charge is 2.35. The summed E-state index contributed by atoms with van der Waals surface area (Å²) in [4.78, 5) is 35.4. The van der Waals surface area contributed by atoms with Gasteiger partial charge in [-0.1, -0.05) is 18.2 Å². The van der Waals surface area contributed by atoms with Crippen LogP contribution in [0.2, 0.25) is 0 Å². The highest BCUT2D eigenvalue weighted by Crippen LogP contribution is 2.18. The Hall–Kier alpha value is -2.37. The maximum absolute atomic E-state index is 11.8. The predicted octanol–water partition coefficient (Wildman–Crippen LogP) is 1.51. The van der Waals surface area contributed by atoms with E-state index in [1.807, 2.05) is 0 Å². The maximum Gasteiger partial charge on any atom is 0.418 e. The van der Waals surface area contributed by atoms with Gasteiger partial charge in [0.25, 0.3) is 0 Å². The van der Waals surface area contributed by atoms with Crippen LogP contribution in [0.4, 0.5) is 4.79 Å². The van der Waals surface area contributed by atoms with Gasteiger partial charge < -0.3 is 9.84 Å². The highest BCUT2D eigenvalue weighted by atomic mass is 16.6. The zero-order valence-electron chi connectivity index (χ0n) is 10.1. The summed E-state index contributed by atoms with van der Waals surface area (Å²) in [6.45, 7) is 0.290. The molecule has 1 saturated heterocycles. The summed E-state index contributed by atoms with van der Waals surface area (Å²) in [6, 6.07) is 7.17. The maximum atomic E-state index is 11.8. The molecular formula is C13H13NO5. The van der Waals surface area contributed by atoms with Crippen molar-refractivity contribution in [2.45, 2.75) is 18.9 Å². The molecule has 1 aliphatic rings. The van der Waals surface area contributed by atoms with Crippen LogP contribution in [0.3, 0.4) is 0 Å². The number of amides is 1. The first-order chi connectivity index (χ1) is 9.09. The third-order valence-corrected chi connectivity index (χ3v) is 2.96. The van der Waals surface area contributed by atoms with E-state index in [0.29, 0.717) is 12.8 Å². The van der Waals surface area contributed by atoms with Crippen molar-refractivity contribution in [1.29, 1.82) is 0 Å². The number of aliphatic carboxylic acids is 1. The Labute approximate surface area is 109 Å². The average molecular weight is 263 g/mol. The van der Waals surface area contributed by atoms with Crippen molar-refractivity contribution in [3.05, 3.63) is 35.9 Å².